The van der Waals surface area contributed by atoms with Crippen LogP contribution < -0.4 is 11.1 Å². The number of benzene rings is 1. The van der Waals surface area contributed by atoms with Crippen LogP contribution in [0.4, 0.5) is 14.5 Å². The van der Waals surface area contributed by atoms with Crippen molar-refractivity contribution in [1.82, 2.24) is 0 Å². The highest BCUT2D eigenvalue weighted by molar-refractivity contribution is 5.73. The van der Waals surface area contributed by atoms with Crippen LogP contribution in [0, 0.1) is 11.6 Å². The fourth-order valence-electron chi connectivity index (χ4n) is 1.12. The lowest BCUT2D eigenvalue weighted by atomic mass is 10.2. The average Bonchev–Trinajstić information content (AvgIpc) is 2.22. The monoisotopic (exact) mass is 230 g/mol. The van der Waals surface area contributed by atoms with E-state index >= 15 is 0 Å². The molecular weight excluding hydrogens is 218 g/mol. The molecule has 0 aliphatic heterocycles. The van der Waals surface area contributed by atoms with Crippen LogP contribution in [0.5, 0.6) is 0 Å². The van der Waals surface area contributed by atoms with Gasteiger partial charge >= 0.3 is 5.97 Å². The molecule has 0 aromatic heterocycles. The summed E-state index contributed by atoms with van der Waals surface area (Å²) in [7, 11) is 0. The second-order valence-electron chi connectivity index (χ2n) is 3.28. The molecule has 0 heterocycles. The number of carboxylic acids is 1. The van der Waals surface area contributed by atoms with Gasteiger partial charge in [0.05, 0.1) is 5.69 Å². The van der Waals surface area contributed by atoms with E-state index in [1.807, 2.05) is 0 Å². The van der Waals surface area contributed by atoms with Gasteiger partial charge in [-0.1, -0.05) is 0 Å². The summed E-state index contributed by atoms with van der Waals surface area (Å²) in [5, 5.41) is 11.1. The van der Waals surface area contributed by atoms with E-state index < -0.39 is 23.6 Å². The minimum atomic E-state index is -1.12. The van der Waals surface area contributed by atoms with Gasteiger partial charge in [0.15, 0.2) is 0 Å². The summed E-state index contributed by atoms with van der Waals surface area (Å²) in [6.07, 6.45) is 0.130. The maximum atomic E-state index is 13.1. The molecule has 1 unspecified atom stereocenters. The Kier molecular flexibility index (Phi) is 4.19. The molecule has 0 fully saturated rings. The van der Waals surface area contributed by atoms with Gasteiger partial charge in [0.2, 0.25) is 0 Å². The number of nitrogens with one attached hydrogen (secondary N) is 1. The van der Waals surface area contributed by atoms with Crippen molar-refractivity contribution in [3.8, 4) is 0 Å². The highest BCUT2D eigenvalue weighted by atomic mass is 19.1. The highest BCUT2D eigenvalue weighted by Crippen LogP contribution is 2.14. The molecule has 1 aromatic rings. The lowest BCUT2D eigenvalue weighted by Gasteiger charge is -2.09. The van der Waals surface area contributed by atoms with Crippen molar-refractivity contribution in [2.45, 2.75) is 12.5 Å². The van der Waals surface area contributed by atoms with Crippen molar-refractivity contribution >= 4 is 11.7 Å². The highest BCUT2D eigenvalue weighted by Gasteiger charge is 2.11. The molecule has 0 saturated heterocycles. The molecule has 0 saturated carbocycles. The summed E-state index contributed by atoms with van der Waals surface area (Å²) in [6.45, 7) is 0.161. The maximum absolute atomic E-state index is 13.1. The molecule has 0 bridgehead atoms. The van der Waals surface area contributed by atoms with Gasteiger partial charge in [-0.05, 0) is 24.6 Å². The van der Waals surface area contributed by atoms with Gasteiger partial charge in [-0.3, -0.25) is 4.79 Å². The van der Waals surface area contributed by atoms with Crippen LogP contribution in [-0.2, 0) is 4.79 Å². The summed E-state index contributed by atoms with van der Waals surface area (Å²) in [5.74, 6) is -2.28. The van der Waals surface area contributed by atoms with E-state index in [-0.39, 0.29) is 18.7 Å². The average molecular weight is 230 g/mol. The Morgan fingerprint density at radius 2 is 2.19 bits per heavy atom. The van der Waals surface area contributed by atoms with Gasteiger partial charge in [0.25, 0.3) is 0 Å². The molecule has 1 atom stereocenters. The van der Waals surface area contributed by atoms with Crippen LogP contribution in [-0.4, -0.2) is 23.7 Å². The zero-order valence-corrected chi connectivity index (χ0v) is 8.41. The maximum Gasteiger partial charge on any atom is 0.320 e. The number of carbonyl (C=O) groups is 1. The van der Waals surface area contributed by atoms with Crippen molar-refractivity contribution in [2.24, 2.45) is 5.73 Å². The molecule has 0 amide bonds. The predicted molar refractivity (Wildman–Crippen MR) is 55.1 cm³/mol. The topological polar surface area (TPSA) is 75.3 Å². The second-order valence-corrected chi connectivity index (χ2v) is 3.28. The zero-order chi connectivity index (χ0) is 12.1. The van der Waals surface area contributed by atoms with Crippen molar-refractivity contribution in [1.29, 1.82) is 0 Å². The number of carboxylic acid groups (broad SMARTS) is 1. The van der Waals surface area contributed by atoms with E-state index in [0.717, 1.165) is 18.2 Å². The normalized spacial score (nSPS) is 12.2. The predicted octanol–water partition coefficient (Wildman–Crippen LogP) is 1.18. The third-order valence-corrected chi connectivity index (χ3v) is 2.02. The zero-order valence-electron chi connectivity index (χ0n) is 8.41. The smallest absolute Gasteiger partial charge is 0.320 e. The first kappa shape index (κ1) is 12.4. The van der Waals surface area contributed by atoms with E-state index in [2.05, 4.69) is 5.32 Å². The first-order valence-electron chi connectivity index (χ1n) is 4.68. The quantitative estimate of drug-likeness (QED) is 0.710. The van der Waals surface area contributed by atoms with Crippen molar-refractivity contribution in [3.63, 3.8) is 0 Å². The fourth-order valence-corrected chi connectivity index (χ4v) is 1.12. The molecule has 16 heavy (non-hydrogen) atoms. The lowest BCUT2D eigenvalue weighted by Crippen LogP contribution is -2.32. The minimum absolute atomic E-state index is 0.00223. The van der Waals surface area contributed by atoms with E-state index in [9.17, 15) is 13.6 Å². The SMILES string of the molecule is NC(CCNc1cc(F)ccc1F)C(=O)O. The fraction of sp³-hybridized carbons (Fsp3) is 0.300. The third-order valence-electron chi connectivity index (χ3n) is 2.02. The minimum Gasteiger partial charge on any atom is -0.480 e. The summed E-state index contributed by atoms with van der Waals surface area (Å²) in [5.41, 5.74) is 5.24. The second kappa shape index (κ2) is 5.41. The number of rotatable bonds is 5. The molecule has 4 N–H and O–H groups in total. The molecule has 0 radical (unpaired) electrons. The summed E-state index contributed by atoms with van der Waals surface area (Å²) >= 11 is 0. The van der Waals surface area contributed by atoms with E-state index in [1.165, 1.54) is 0 Å². The van der Waals surface area contributed by atoms with Crippen molar-refractivity contribution < 1.29 is 18.7 Å². The number of hydrogen-bond donors (Lipinski definition) is 3. The van der Waals surface area contributed by atoms with Crippen LogP contribution in [0.25, 0.3) is 0 Å². The summed E-state index contributed by atoms with van der Waals surface area (Å²) in [6, 6.07) is 1.99. The van der Waals surface area contributed by atoms with Crippen molar-refractivity contribution in [3.05, 3.63) is 29.8 Å². The number of hydrogen-bond acceptors (Lipinski definition) is 3. The Balaban J connectivity index is 2.48. The molecule has 0 spiro atoms. The van der Waals surface area contributed by atoms with Crippen molar-refractivity contribution in [2.75, 3.05) is 11.9 Å². The molecule has 4 nitrogen and oxygen atoms in total. The first-order valence-corrected chi connectivity index (χ1v) is 4.68. The molecule has 88 valence electrons. The molecule has 0 aliphatic rings. The van der Waals surface area contributed by atoms with Crippen LogP contribution in [0.2, 0.25) is 0 Å². The van der Waals surface area contributed by atoms with Gasteiger partial charge in [-0.25, -0.2) is 8.78 Å². The number of aliphatic carboxylic acids is 1. The van der Waals surface area contributed by atoms with Crippen LogP contribution in [0.3, 0.4) is 0 Å². The number of anilines is 1. The van der Waals surface area contributed by atoms with Gasteiger partial charge in [0.1, 0.15) is 17.7 Å². The van der Waals surface area contributed by atoms with Crippen LogP contribution in [0.15, 0.2) is 18.2 Å². The van der Waals surface area contributed by atoms with Gasteiger partial charge < -0.3 is 16.2 Å². The Bertz CT molecular complexity index is 385. The van der Waals surface area contributed by atoms with E-state index in [4.69, 9.17) is 10.8 Å². The number of nitrogens with two attached hydrogens (primary N) is 1. The van der Waals surface area contributed by atoms with Gasteiger partial charge in [0, 0.05) is 6.54 Å². The summed E-state index contributed by atoms with van der Waals surface area (Å²) in [4.78, 5) is 10.4. The number of halogens is 2. The van der Waals surface area contributed by atoms with Gasteiger partial charge in [-0.15, -0.1) is 0 Å². The Morgan fingerprint density at radius 1 is 1.50 bits per heavy atom. The largest absolute Gasteiger partial charge is 0.480 e. The first-order chi connectivity index (χ1) is 7.50. The lowest BCUT2D eigenvalue weighted by molar-refractivity contribution is -0.138. The molecule has 6 heteroatoms. The van der Waals surface area contributed by atoms with Crippen LogP contribution >= 0.6 is 0 Å². The van der Waals surface area contributed by atoms with E-state index in [1.54, 1.807) is 0 Å². The Morgan fingerprint density at radius 3 is 2.81 bits per heavy atom. The van der Waals surface area contributed by atoms with E-state index in [0.29, 0.717) is 0 Å². The third kappa shape index (κ3) is 3.47. The van der Waals surface area contributed by atoms with Crippen LogP contribution in [0.1, 0.15) is 6.42 Å². The molecule has 1 rings (SSSR count). The standard InChI is InChI=1S/C10H12F2N2O2/c11-6-1-2-7(12)9(5-6)14-4-3-8(13)10(15)16/h1-2,5,8,14H,3-4,13H2,(H,15,16). The molecule has 0 aliphatic carbocycles. The molecule has 1 aromatic carbocycles. The summed E-state index contributed by atoms with van der Waals surface area (Å²) < 4.78 is 25.8. The molecular formula is C10H12F2N2O2. The Labute approximate surface area is 91.1 Å². The Hall–Kier alpha value is -1.69. The van der Waals surface area contributed by atoms with Gasteiger partial charge in [-0.2, -0.15) is 0 Å².